The molecule has 3 amide bonds. The third-order valence-electron chi connectivity index (χ3n) is 6.42. The van der Waals surface area contributed by atoms with Crippen LogP contribution in [0, 0.1) is 5.92 Å². The molecule has 1 fully saturated rings. The monoisotopic (exact) mass is 456 g/mol. The molecule has 2 aromatic carbocycles. The molecule has 2 aliphatic rings. The molecule has 1 aromatic heterocycles. The lowest BCUT2D eigenvalue weighted by Gasteiger charge is -2.30. The van der Waals surface area contributed by atoms with Gasteiger partial charge < -0.3 is 15.4 Å². The first-order valence-electron chi connectivity index (χ1n) is 11.8. The summed E-state index contributed by atoms with van der Waals surface area (Å²) in [6, 6.07) is 18.7. The fourth-order valence-corrected chi connectivity index (χ4v) is 4.55. The topological polar surface area (TPSA) is 83.6 Å². The van der Waals surface area contributed by atoms with E-state index in [1.165, 1.54) is 6.42 Å². The van der Waals surface area contributed by atoms with Gasteiger partial charge in [-0.3, -0.25) is 9.69 Å². The van der Waals surface area contributed by atoms with Crippen molar-refractivity contribution in [1.29, 1.82) is 0 Å². The van der Waals surface area contributed by atoms with Gasteiger partial charge in [0, 0.05) is 23.4 Å². The van der Waals surface area contributed by atoms with Crippen LogP contribution in [0.25, 0.3) is 11.1 Å². The first-order valence-corrected chi connectivity index (χ1v) is 11.8. The zero-order valence-electron chi connectivity index (χ0n) is 19.0. The van der Waals surface area contributed by atoms with E-state index in [1.807, 2.05) is 60.7 Å². The molecule has 7 nitrogen and oxygen atoms in total. The molecule has 0 spiro atoms. The molecule has 0 bridgehead atoms. The maximum absolute atomic E-state index is 12.8. The van der Waals surface area contributed by atoms with Gasteiger partial charge in [0.2, 0.25) is 5.91 Å². The molecule has 5 rings (SSSR count). The third-order valence-corrected chi connectivity index (χ3v) is 6.42. The predicted octanol–water partition coefficient (Wildman–Crippen LogP) is 5.70. The summed E-state index contributed by atoms with van der Waals surface area (Å²) < 4.78 is 5.86. The second-order valence-electron chi connectivity index (χ2n) is 8.74. The summed E-state index contributed by atoms with van der Waals surface area (Å²) in [5.74, 6) is 1.38. The molecule has 1 saturated carbocycles. The van der Waals surface area contributed by atoms with E-state index >= 15 is 0 Å². The summed E-state index contributed by atoms with van der Waals surface area (Å²) in [4.78, 5) is 31.5. The number of urea groups is 1. The number of ether oxygens (including phenoxy) is 1. The van der Waals surface area contributed by atoms with Gasteiger partial charge in [-0.25, -0.2) is 9.78 Å². The number of hydrogen-bond donors (Lipinski definition) is 2. The molecule has 2 heterocycles. The number of benzene rings is 2. The average Bonchev–Trinajstić information content (AvgIpc) is 2.89. The zero-order chi connectivity index (χ0) is 23.3. The molecule has 1 aliphatic heterocycles. The molecule has 1 aliphatic carbocycles. The van der Waals surface area contributed by atoms with Gasteiger partial charge in [-0.1, -0.05) is 43.5 Å². The molecular formula is C27H28N4O3. The lowest BCUT2D eigenvalue weighted by Crippen LogP contribution is -2.40. The van der Waals surface area contributed by atoms with Crippen LogP contribution in [0.3, 0.4) is 0 Å². The first-order chi connectivity index (χ1) is 16.7. The Balaban J connectivity index is 1.28. The normalized spacial score (nSPS) is 15.7. The van der Waals surface area contributed by atoms with Crippen molar-refractivity contribution in [2.75, 3.05) is 28.7 Å². The SMILES string of the molecule is O=C(Nc1ccc(-c2ccc3c(c2)OCCN3C(=O)Nc2ccccc2)cn1)C1CCCCC1. The third kappa shape index (κ3) is 4.88. The molecular weight excluding hydrogens is 428 g/mol. The van der Waals surface area contributed by atoms with Gasteiger partial charge in [0.05, 0.1) is 12.2 Å². The summed E-state index contributed by atoms with van der Waals surface area (Å²) in [7, 11) is 0. The number of amides is 3. The van der Waals surface area contributed by atoms with Crippen molar-refractivity contribution >= 4 is 29.1 Å². The van der Waals surface area contributed by atoms with E-state index in [-0.39, 0.29) is 17.9 Å². The molecule has 7 heteroatoms. The van der Waals surface area contributed by atoms with Gasteiger partial charge in [-0.05, 0) is 54.8 Å². The van der Waals surface area contributed by atoms with Crippen molar-refractivity contribution < 1.29 is 14.3 Å². The summed E-state index contributed by atoms with van der Waals surface area (Å²) in [6.45, 7) is 0.894. The van der Waals surface area contributed by atoms with Crippen LogP contribution in [0.5, 0.6) is 5.75 Å². The summed E-state index contributed by atoms with van der Waals surface area (Å²) in [5.41, 5.74) is 3.32. The van der Waals surface area contributed by atoms with Crippen LogP contribution in [0.1, 0.15) is 32.1 Å². The van der Waals surface area contributed by atoms with Crippen LogP contribution in [0.4, 0.5) is 22.0 Å². The number of hydrogen-bond acceptors (Lipinski definition) is 4. The maximum atomic E-state index is 12.8. The minimum Gasteiger partial charge on any atom is -0.490 e. The maximum Gasteiger partial charge on any atom is 0.326 e. The molecule has 0 unspecified atom stereocenters. The van der Waals surface area contributed by atoms with E-state index in [0.29, 0.717) is 24.7 Å². The van der Waals surface area contributed by atoms with Crippen LogP contribution in [0.15, 0.2) is 66.9 Å². The fraction of sp³-hybridized carbons (Fsp3) is 0.296. The Morgan fingerprint density at radius 2 is 1.71 bits per heavy atom. The molecule has 0 radical (unpaired) electrons. The largest absolute Gasteiger partial charge is 0.490 e. The van der Waals surface area contributed by atoms with Gasteiger partial charge in [0.25, 0.3) is 0 Å². The molecule has 0 atom stereocenters. The van der Waals surface area contributed by atoms with Crippen molar-refractivity contribution in [3.8, 4) is 16.9 Å². The highest BCUT2D eigenvalue weighted by Gasteiger charge is 2.25. The molecule has 34 heavy (non-hydrogen) atoms. The number of anilines is 3. The number of para-hydroxylation sites is 1. The van der Waals surface area contributed by atoms with Crippen LogP contribution in [-0.2, 0) is 4.79 Å². The van der Waals surface area contributed by atoms with Crippen molar-refractivity contribution in [2.24, 2.45) is 5.92 Å². The molecule has 2 N–H and O–H groups in total. The zero-order valence-corrected chi connectivity index (χ0v) is 19.0. The Bertz CT molecular complexity index is 1160. The number of nitrogens with zero attached hydrogens (tertiary/aromatic N) is 2. The van der Waals surface area contributed by atoms with Gasteiger partial charge >= 0.3 is 6.03 Å². The van der Waals surface area contributed by atoms with Gasteiger partial charge in [-0.15, -0.1) is 0 Å². The van der Waals surface area contributed by atoms with Crippen molar-refractivity contribution in [1.82, 2.24) is 4.98 Å². The summed E-state index contributed by atoms with van der Waals surface area (Å²) in [5, 5.41) is 5.88. The second-order valence-corrected chi connectivity index (χ2v) is 8.74. The highest BCUT2D eigenvalue weighted by molar-refractivity contribution is 6.03. The lowest BCUT2D eigenvalue weighted by molar-refractivity contribution is -0.120. The number of carbonyl (C=O) groups is 2. The summed E-state index contributed by atoms with van der Waals surface area (Å²) >= 11 is 0. The average molecular weight is 457 g/mol. The minimum atomic E-state index is -0.191. The lowest BCUT2D eigenvalue weighted by atomic mass is 9.89. The van der Waals surface area contributed by atoms with Crippen LogP contribution in [0.2, 0.25) is 0 Å². The predicted molar refractivity (Wildman–Crippen MR) is 133 cm³/mol. The van der Waals surface area contributed by atoms with E-state index in [0.717, 1.165) is 48.2 Å². The Morgan fingerprint density at radius 3 is 2.47 bits per heavy atom. The molecule has 0 saturated heterocycles. The van der Waals surface area contributed by atoms with Gasteiger partial charge in [-0.2, -0.15) is 0 Å². The van der Waals surface area contributed by atoms with E-state index in [1.54, 1.807) is 11.1 Å². The van der Waals surface area contributed by atoms with Crippen molar-refractivity contribution in [2.45, 2.75) is 32.1 Å². The number of aromatic nitrogens is 1. The van der Waals surface area contributed by atoms with Crippen LogP contribution >= 0.6 is 0 Å². The standard InChI is InChI=1S/C27H28N4O3/c32-26(19-7-3-1-4-8-19)30-25-14-12-21(18-28-25)20-11-13-23-24(17-20)34-16-15-31(23)27(33)29-22-9-5-2-6-10-22/h2,5-6,9-14,17-19H,1,3-4,7-8,15-16H2,(H,29,33)(H,28,30,32). The number of pyridine rings is 1. The van der Waals surface area contributed by atoms with Crippen LogP contribution in [-0.4, -0.2) is 30.1 Å². The minimum absolute atomic E-state index is 0.0657. The van der Waals surface area contributed by atoms with E-state index < -0.39 is 0 Å². The summed E-state index contributed by atoms with van der Waals surface area (Å²) in [6.07, 6.45) is 7.13. The smallest absolute Gasteiger partial charge is 0.326 e. The Hall–Kier alpha value is -3.87. The molecule has 174 valence electrons. The van der Waals surface area contributed by atoms with Crippen LogP contribution < -0.4 is 20.3 Å². The van der Waals surface area contributed by atoms with Crippen molar-refractivity contribution in [3.05, 3.63) is 66.9 Å². The quantitative estimate of drug-likeness (QED) is 0.528. The Morgan fingerprint density at radius 1 is 0.912 bits per heavy atom. The Labute approximate surface area is 199 Å². The highest BCUT2D eigenvalue weighted by Crippen LogP contribution is 2.36. The van der Waals surface area contributed by atoms with Crippen molar-refractivity contribution in [3.63, 3.8) is 0 Å². The number of rotatable bonds is 4. The number of fused-ring (bicyclic) bond motifs is 1. The molecule has 3 aromatic rings. The fourth-order valence-electron chi connectivity index (χ4n) is 4.55. The first kappa shape index (κ1) is 21.9. The van der Waals surface area contributed by atoms with Gasteiger partial charge in [0.15, 0.2) is 0 Å². The van der Waals surface area contributed by atoms with Gasteiger partial charge in [0.1, 0.15) is 18.2 Å². The number of nitrogens with one attached hydrogen (secondary N) is 2. The Kier molecular flexibility index (Phi) is 6.42. The highest BCUT2D eigenvalue weighted by atomic mass is 16.5. The van der Waals surface area contributed by atoms with E-state index in [2.05, 4.69) is 15.6 Å². The van der Waals surface area contributed by atoms with E-state index in [4.69, 9.17) is 4.74 Å². The number of carbonyl (C=O) groups excluding carboxylic acids is 2. The second kappa shape index (κ2) is 9.95. The van der Waals surface area contributed by atoms with E-state index in [9.17, 15) is 9.59 Å².